The third-order valence-electron chi connectivity index (χ3n) is 5.81. The van der Waals surface area contributed by atoms with Crippen molar-refractivity contribution in [2.24, 2.45) is 0 Å². The van der Waals surface area contributed by atoms with E-state index in [4.69, 9.17) is 27.4 Å². The topological polar surface area (TPSA) is 101 Å². The van der Waals surface area contributed by atoms with Crippen molar-refractivity contribution >= 4 is 40.3 Å². The molecule has 4 rings (SSSR count). The summed E-state index contributed by atoms with van der Waals surface area (Å²) in [6.07, 6.45) is 3.57. The molecule has 0 saturated carbocycles. The van der Waals surface area contributed by atoms with Crippen LogP contribution in [0.4, 0.5) is 23.0 Å². The van der Waals surface area contributed by atoms with Crippen LogP contribution in [0.5, 0.6) is 6.01 Å². The first-order valence-corrected chi connectivity index (χ1v) is 12.0. The highest BCUT2D eigenvalue weighted by Crippen LogP contribution is 2.24. The van der Waals surface area contributed by atoms with E-state index in [0.29, 0.717) is 29.2 Å². The van der Waals surface area contributed by atoms with Crippen molar-refractivity contribution in [3.05, 3.63) is 29.8 Å². The largest absolute Gasteiger partial charge is 0.462 e. The standard InChI is InChI=1S/C23H33N7O2S/c1-17-5-6-19(18(24)15-17)25-23(33)27-20-16-21(30-7-3-2-4-8-30)28-22(26-20)32-14-11-29-9-12-31-13-10-29/h5-6,15-16H,2-4,7-14,24H2,1H3,(H2,25,26,27,28,33). The molecule has 3 heterocycles. The minimum absolute atomic E-state index is 0.353. The zero-order valence-corrected chi connectivity index (χ0v) is 20.0. The van der Waals surface area contributed by atoms with Crippen LogP contribution < -0.4 is 26.0 Å². The number of aromatic nitrogens is 2. The first-order chi connectivity index (χ1) is 16.1. The molecule has 2 aliphatic rings. The predicted octanol–water partition coefficient (Wildman–Crippen LogP) is 2.88. The van der Waals surface area contributed by atoms with Crippen LogP contribution in [0.15, 0.2) is 24.3 Å². The molecule has 2 aromatic rings. The third kappa shape index (κ3) is 6.89. The van der Waals surface area contributed by atoms with Crippen LogP contribution in [0.2, 0.25) is 0 Å². The fraction of sp³-hybridized carbons (Fsp3) is 0.522. The molecule has 33 heavy (non-hydrogen) atoms. The van der Waals surface area contributed by atoms with E-state index in [1.54, 1.807) is 0 Å². The van der Waals surface area contributed by atoms with Gasteiger partial charge in [-0.1, -0.05) is 6.07 Å². The van der Waals surface area contributed by atoms with Crippen molar-refractivity contribution < 1.29 is 9.47 Å². The minimum atomic E-state index is 0.353. The first kappa shape index (κ1) is 23.5. The molecule has 4 N–H and O–H groups in total. The summed E-state index contributed by atoms with van der Waals surface area (Å²) >= 11 is 5.52. The Balaban J connectivity index is 1.44. The summed E-state index contributed by atoms with van der Waals surface area (Å²) in [5.74, 6) is 1.45. The number of nitrogens with zero attached hydrogens (tertiary/aromatic N) is 4. The number of morpholine rings is 1. The fourth-order valence-electron chi connectivity index (χ4n) is 3.98. The van der Waals surface area contributed by atoms with Gasteiger partial charge in [0.25, 0.3) is 0 Å². The average Bonchev–Trinajstić information content (AvgIpc) is 2.82. The number of nitrogen functional groups attached to an aromatic ring is 1. The van der Waals surface area contributed by atoms with E-state index in [2.05, 4.69) is 30.4 Å². The maximum atomic E-state index is 6.11. The summed E-state index contributed by atoms with van der Waals surface area (Å²) in [6.45, 7) is 8.68. The van der Waals surface area contributed by atoms with Crippen molar-refractivity contribution in [3.63, 3.8) is 0 Å². The zero-order valence-electron chi connectivity index (χ0n) is 19.2. The average molecular weight is 472 g/mol. The lowest BCUT2D eigenvalue weighted by Crippen LogP contribution is -2.38. The van der Waals surface area contributed by atoms with Gasteiger partial charge in [0.15, 0.2) is 5.11 Å². The second-order valence-corrected chi connectivity index (χ2v) is 8.82. The molecule has 178 valence electrons. The van der Waals surface area contributed by atoms with Crippen LogP contribution in [-0.2, 0) is 4.74 Å². The van der Waals surface area contributed by atoms with E-state index in [1.165, 1.54) is 6.42 Å². The van der Waals surface area contributed by atoms with Crippen LogP contribution in [0.3, 0.4) is 0 Å². The smallest absolute Gasteiger partial charge is 0.320 e. The molecular weight excluding hydrogens is 438 g/mol. The van der Waals surface area contributed by atoms with Crippen LogP contribution in [-0.4, -0.2) is 72.5 Å². The van der Waals surface area contributed by atoms with Crippen molar-refractivity contribution in [2.75, 3.05) is 73.8 Å². The van der Waals surface area contributed by atoms with Gasteiger partial charge in [0.2, 0.25) is 0 Å². The molecule has 0 spiro atoms. The van der Waals surface area contributed by atoms with Gasteiger partial charge in [-0.05, 0) is 56.1 Å². The van der Waals surface area contributed by atoms with Gasteiger partial charge >= 0.3 is 6.01 Å². The van der Waals surface area contributed by atoms with Gasteiger partial charge in [-0.25, -0.2) is 0 Å². The number of ether oxygens (including phenoxy) is 2. The van der Waals surface area contributed by atoms with Crippen LogP contribution >= 0.6 is 12.2 Å². The summed E-state index contributed by atoms with van der Waals surface area (Å²) in [5.41, 5.74) is 8.60. The van der Waals surface area contributed by atoms with Gasteiger partial charge in [-0.3, -0.25) is 4.90 Å². The highest BCUT2D eigenvalue weighted by molar-refractivity contribution is 7.80. The Hall–Kier alpha value is -2.69. The van der Waals surface area contributed by atoms with E-state index in [1.807, 2.05) is 31.2 Å². The number of nitrogens with one attached hydrogen (secondary N) is 2. The monoisotopic (exact) mass is 471 g/mol. The maximum Gasteiger partial charge on any atom is 0.320 e. The molecule has 0 amide bonds. The van der Waals surface area contributed by atoms with Gasteiger partial charge in [0.05, 0.1) is 24.6 Å². The van der Waals surface area contributed by atoms with E-state index in [-0.39, 0.29) is 0 Å². The first-order valence-electron chi connectivity index (χ1n) is 11.6. The number of hydrogen-bond acceptors (Lipinski definition) is 8. The van der Waals surface area contributed by atoms with Gasteiger partial charge in [0, 0.05) is 38.8 Å². The van der Waals surface area contributed by atoms with Gasteiger partial charge < -0.3 is 30.7 Å². The van der Waals surface area contributed by atoms with E-state index >= 15 is 0 Å². The number of anilines is 4. The number of benzene rings is 1. The van der Waals surface area contributed by atoms with Crippen LogP contribution in [0.1, 0.15) is 24.8 Å². The Labute approximate surface area is 200 Å². The molecular formula is C23H33N7O2S. The number of rotatable bonds is 7. The number of thiocarbonyl (C=S) groups is 1. The summed E-state index contributed by atoms with van der Waals surface area (Å²) in [4.78, 5) is 13.8. The Morgan fingerprint density at radius 2 is 1.88 bits per heavy atom. The van der Waals surface area contributed by atoms with E-state index in [9.17, 15) is 0 Å². The molecule has 2 fully saturated rings. The third-order valence-corrected chi connectivity index (χ3v) is 6.02. The Kier molecular flexibility index (Phi) is 8.14. The summed E-state index contributed by atoms with van der Waals surface area (Å²) in [7, 11) is 0. The summed E-state index contributed by atoms with van der Waals surface area (Å²) in [6, 6.07) is 8.09. The molecule has 1 aromatic carbocycles. The number of piperidine rings is 1. The zero-order chi connectivity index (χ0) is 23.0. The summed E-state index contributed by atoms with van der Waals surface area (Å²) in [5, 5.41) is 6.73. The normalized spacial score (nSPS) is 16.9. The minimum Gasteiger partial charge on any atom is -0.462 e. The Bertz CT molecular complexity index is 946. The lowest BCUT2D eigenvalue weighted by Gasteiger charge is -2.28. The fourth-order valence-corrected chi connectivity index (χ4v) is 4.20. The van der Waals surface area contributed by atoms with Crippen molar-refractivity contribution in [2.45, 2.75) is 26.2 Å². The molecule has 9 nitrogen and oxygen atoms in total. The molecule has 0 aliphatic carbocycles. The van der Waals surface area contributed by atoms with Crippen molar-refractivity contribution in [1.29, 1.82) is 0 Å². The van der Waals surface area contributed by atoms with Gasteiger partial charge in [0.1, 0.15) is 18.2 Å². The molecule has 2 saturated heterocycles. The van der Waals surface area contributed by atoms with E-state index in [0.717, 1.165) is 75.8 Å². The Morgan fingerprint density at radius 3 is 2.64 bits per heavy atom. The molecule has 0 radical (unpaired) electrons. The molecule has 0 atom stereocenters. The molecule has 0 unspecified atom stereocenters. The molecule has 2 aliphatic heterocycles. The SMILES string of the molecule is Cc1ccc(NC(=S)Nc2cc(N3CCCCC3)nc(OCCN3CCOCC3)n2)c(N)c1. The second kappa shape index (κ2) is 11.4. The van der Waals surface area contributed by atoms with E-state index < -0.39 is 0 Å². The molecule has 0 bridgehead atoms. The lowest BCUT2D eigenvalue weighted by atomic mass is 10.1. The molecule has 1 aromatic heterocycles. The van der Waals surface area contributed by atoms with Crippen LogP contribution in [0, 0.1) is 6.92 Å². The Morgan fingerprint density at radius 1 is 1.09 bits per heavy atom. The number of hydrogen-bond donors (Lipinski definition) is 3. The lowest BCUT2D eigenvalue weighted by molar-refractivity contribution is 0.0317. The van der Waals surface area contributed by atoms with Crippen LogP contribution in [0.25, 0.3) is 0 Å². The predicted molar refractivity (Wildman–Crippen MR) is 136 cm³/mol. The maximum absolute atomic E-state index is 6.11. The second-order valence-electron chi connectivity index (χ2n) is 8.41. The quantitative estimate of drug-likeness (QED) is 0.413. The number of aryl methyl sites for hydroxylation is 1. The van der Waals surface area contributed by atoms with Gasteiger partial charge in [-0.15, -0.1) is 0 Å². The number of nitrogens with two attached hydrogens (primary N) is 1. The highest BCUT2D eigenvalue weighted by Gasteiger charge is 2.17. The van der Waals surface area contributed by atoms with Crippen molar-refractivity contribution in [3.8, 4) is 6.01 Å². The highest BCUT2D eigenvalue weighted by atomic mass is 32.1. The summed E-state index contributed by atoms with van der Waals surface area (Å²) < 4.78 is 11.4. The molecule has 10 heteroatoms. The van der Waals surface area contributed by atoms with Crippen molar-refractivity contribution in [1.82, 2.24) is 14.9 Å². The van der Waals surface area contributed by atoms with Gasteiger partial charge in [-0.2, -0.15) is 9.97 Å².